The Labute approximate surface area is 105 Å². The molecule has 0 bridgehead atoms. The zero-order valence-electron chi connectivity index (χ0n) is 9.37. The molecule has 1 heterocycles. The first-order valence-corrected chi connectivity index (χ1v) is 6.21. The number of carbonyl (C=O) groups is 1. The summed E-state index contributed by atoms with van der Waals surface area (Å²) in [6.45, 7) is 0. The Morgan fingerprint density at radius 3 is 2.94 bits per heavy atom. The molecule has 0 saturated carbocycles. The van der Waals surface area contributed by atoms with Gasteiger partial charge in [0.2, 0.25) is 5.78 Å². The second-order valence-corrected chi connectivity index (χ2v) is 4.87. The summed E-state index contributed by atoms with van der Waals surface area (Å²) in [6, 6.07) is 5.49. The largest absolute Gasteiger partial charge is 0.287 e. The van der Waals surface area contributed by atoms with E-state index in [2.05, 4.69) is 4.99 Å². The number of halogens is 1. The summed E-state index contributed by atoms with van der Waals surface area (Å²) in [5.74, 6) is 0.0557. The maximum absolute atomic E-state index is 12.4. The van der Waals surface area contributed by atoms with Gasteiger partial charge >= 0.3 is 0 Å². The number of hydrogen-bond acceptors (Lipinski definition) is 2. The van der Waals surface area contributed by atoms with Gasteiger partial charge in [0.05, 0.1) is 0 Å². The van der Waals surface area contributed by atoms with Gasteiger partial charge in [-0.1, -0.05) is 11.6 Å². The van der Waals surface area contributed by atoms with Gasteiger partial charge in [-0.2, -0.15) is 0 Å². The average Bonchev–Trinajstić information content (AvgIpc) is 2.48. The van der Waals surface area contributed by atoms with Crippen molar-refractivity contribution in [1.82, 2.24) is 0 Å². The quantitative estimate of drug-likeness (QED) is 0.687. The zero-order valence-corrected chi connectivity index (χ0v) is 10.1. The van der Waals surface area contributed by atoms with Crippen LogP contribution in [-0.4, -0.2) is 12.0 Å². The monoisotopic (exact) mass is 245 g/mol. The number of Topliss-reactive ketones (excluding diaryl/α,β-unsaturated/α-hetero) is 1. The van der Waals surface area contributed by atoms with Gasteiger partial charge in [-0.3, -0.25) is 9.79 Å². The van der Waals surface area contributed by atoms with E-state index in [9.17, 15) is 4.79 Å². The first kappa shape index (κ1) is 10.7. The topological polar surface area (TPSA) is 29.4 Å². The summed E-state index contributed by atoms with van der Waals surface area (Å²) >= 11 is 5.98. The number of carbonyl (C=O) groups excluding carboxylic acids is 1. The molecule has 86 valence electrons. The van der Waals surface area contributed by atoms with Gasteiger partial charge in [-0.15, -0.1) is 0 Å². The Kier molecular flexibility index (Phi) is 2.60. The van der Waals surface area contributed by atoms with Crippen molar-refractivity contribution in [2.75, 3.05) is 0 Å². The molecule has 0 N–H and O–H groups in total. The molecular weight excluding hydrogens is 234 g/mol. The lowest BCUT2D eigenvalue weighted by Gasteiger charge is -2.10. The van der Waals surface area contributed by atoms with Crippen molar-refractivity contribution < 1.29 is 4.79 Å². The normalized spacial score (nSPS) is 18.8. The number of benzene rings is 1. The number of aliphatic imine (C=N–C) groups is 1. The van der Waals surface area contributed by atoms with Crippen LogP contribution in [0.1, 0.15) is 35.2 Å². The number of rotatable bonds is 0. The van der Waals surface area contributed by atoms with E-state index in [-0.39, 0.29) is 5.78 Å². The SMILES string of the molecule is O=C1C2=C(CCC=N2)CCc2cc(Cl)ccc21. The van der Waals surface area contributed by atoms with E-state index < -0.39 is 0 Å². The standard InChI is InChI=1S/C14H12ClNO/c15-11-5-6-12-10(8-11)4-3-9-2-1-7-16-13(9)14(12)17/h5-8H,1-4H2. The molecule has 2 nitrogen and oxygen atoms in total. The maximum Gasteiger partial charge on any atom is 0.211 e. The second-order valence-electron chi connectivity index (χ2n) is 4.43. The van der Waals surface area contributed by atoms with Gasteiger partial charge in [0, 0.05) is 16.8 Å². The highest BCUT2D eigenvalue weighted by Gasteiger charge is 2.24. The Hall–Kier alpha value is -1.41. The maximum atomic E-state index is 12.4. The molecule has 0 aromatic heterocycles. The minimum absolute atomic E-state index is 0.0557. The summed E-state index contributed by atoms with van der Waals surface area (Å²) in [5.41, 5.74) is 3.67. The van der Waals surface area contributed by atoms with E-state index in [0.29, 0.717) is 10.7 Å². The fourth-order valence-electron chi connectivity index (χ4n) is 2.47. The van der Waals surface area contributed by atoms with Gasteiger partial charge in [0.1, 0.15) is 5.70 Å². The third kappa shape index (κ3) is 1.83. The highest BCUT2D eigenvalue weighted by Crippen LogP contribution is 2.31. The van der Waals surface area contributed by atoms with E-state index in [1.165, 1.54) is 5.57 Å². The molecule has 17 heavy (non-hydrogen) atoms. The highest BCUT2D eigenvalue weighted by molar-refractivity contribution is 6.30. The molecule has 3 heteroatoms. The first-order valence-electron chi connectivity index (χ1n) is 5.83. The molecule has 1 aromatic rings. The highest BCUT2D eigenvalue weighted by atomic mass is 35.5. The van der Waals surface area contributed by atoms with Crippen molar-refractivity contribution in [3.8, 4) is 0 Å². The summed E-state index contributed by atoms with van der Waals surface area (Å²) in [7, 11) is 0. The molecule has 0 amide bonds. The molecule has 0 spiro atoms. The van der Waals surface area contributed by atoms with Gasteiger partial charge in [-0.25, -0.2) is 0 Å². The molecule has 0 unspecified atom stereocenters. The summed E-state index contributed by atoms with van der Waals surface area (Å²) in [4.78, 5) is 16.7. The first-order chi connectivity index (χ1) is 8.25. The number of nitrogens with zero attached hydrogens (tertiary/aromatic N) is 1. The second kappa shape index (κ2) is 4.11. The molecule has 3 rings (SSSR count). The van der Waals surface area contributed by atoms with Crippen LogP contribution in [0.2, 0.25) is 5.02 Å². The minimum Gasteiger partial charge on any atom is -0.287 e. The van der Waals surface area contributed by atoms with Gasteiger partial charge in [0.25, 0.3) is 0 Å². The van der Waals surface area contributed by atoms with Crippen LogP contribution in [0.3, 0.4) is 0 Å². The van der Waals surface area contributed by atoms with Gasteiger partial charge < -0.3 is 0 Å². The molecule has 0 saturated heterocycles. The molecule has 1 aliphatic carbocycles. The Morgan fingerprint density at radius 2 is 2.06 bits per heavy atom. The predicted octanol–water partition coefficient (Wildman–Crippen LogP) is 3.59. The van der Waals surface area contributed by atoms with E-state index in [1.54, 1.807) is 6.07 Å². The van der Waals surface area contributed by atoms with Crippen molar-refractivity contribution in [3.05, 3.63) is 45.6 Å². The Morgan fingerprint density at radius 1 is 1.18 bits per heavy atom. The fraction of sp³-hybridized carbons (Fsp3) is 0.286. The average molecular weight is 246 g/mol. The molecule has 1 aliphatic heterocycles. The molecular formula is C14H12ClNO. The van der Waals surface area contributed by atoms with Crippen molar-refractivity contribution >= 4 is 23.6 Å². The van der Waals surface area contributed by atoms with Crippen LogP contribution in [0.25, 0.3) is 0 Å². The minimum atomic E-state index is 0.0557. The number of hydrogen-bond donors (Lipinski definition) is 0. The van der Waals surface area contributed by atoms with Crippen molar-refractivity contribution in [1.29, 1.82) is 0 Å². The lowest BCUT2D eigenvalue weighted by molar-refractivity contribution is 0.103. The van der Waals surface area contributed by atoms with E-state index in [0.717, 1.165) is 36.8 Å². The molecule has 0 fully saturated rings. The van der Waals surface area contributed by atoms with Crippen LogP contribution in [0, 0.1) is 0 Å². The lowest BCUT2D eigenvalue weighted by Crippen LogP contribution is -2.07. The molecule has 0 atom stereocenters. The molecule has 1 aromatic carbocycles. The number of allylic oxidation sites excluding steroid dienone is 2. The number of aryl methyl sites for hydroxylation is 1. The zero-order chi connectivity index (χ0) is 11.8. The van der Waals surface area contributed by atoms with Crippen LogP contribution in [0.15, 0.2) is 34.5 Å². The van der Waals surface area contributed by atoms with Crippen LogP contribution < -0.4 is 0 Å². The Balaban J connectivity index is 2.12. The number of ketones is 1. The molecule has 2 aliphatic rings. The van der Waals surface area contributed by atoms with Crippen molar-refractivity contribution in [3.63, 3.8) is 0 Å². The smallest absolute Gasteiger partial charge is 0.211 e. The van der Waals surface area contributed by atoms with Gasteiger partial charge in [0.15, 0.2) is 0 Å². The van der Waals surface area contributed by atoms with Crippen LogP contribution in [0.5, 0.6) is 0 Å². The van der Waals surface area contributed by atoms with E-state index in [4.69, 9.17) is 11.6 Å². The lowest BCUT2D eigenvalue weighted by atomic mass is 10.0. The fourth-order valence-corrected chi connectivity index (χ4v) is 2.67. The summed E-state index contributed by atoms with van der Waals surface area (Å²) < 4.78 is 0. The van der Waals surface area contributed by atoms with Crippen molar-refractivity contribution in [2.45, 2.75) is 25.7 Å². The summed E-state index contributed by atoms with van der Waals surface area (Å²) in [6.07, 6.45) is 5.56. The summed E-state index contributed by atoms with van der Waals surface area (Å²) in [5, 5.41) is 0.694. The van der Waals surface area contributed by atoms with E-state index in [1.807, 2.05) is 18.3 Å². The number of fused-ring (bicyclic) bond motifs is 1. The van der Waals surface area contributed by atoms with Crippen LogP contribution >= 0.6 is 11.6 Å². The predicted molar refractivity (Wildman–Crippen MR) is 68.9 cm³/mol. The van der Waals surface area contributed by atoms with Gasteiger partial charge in [-0.05, 0) is 55.0 Å². The Bertz CT molecular complexity index is 557. The van der Waals surface area contributed by atoms with E-state index >= 15 is 0 Å². The van der Waals surface area contributed by atoms with Crippen LogP contribution in [-0.2, 0) is 6.42 Å². The molecule has 0 radical (unpaired) electrons. The third-order valence-electron chi connectivity index (χ3n) is 3.35. The van der Waals surface area contributed by atoms with Crippen LogP contribution in [0.4, 0.5) is 0 Å². The van der Waals surface area contributed by atoms with Crippen molar-refractivity contribution in [2.24, 2.45) is 4.99 Å². The third-order valence-corrected chi connectivity index (χ3v) is 3.59.